The maximum absolute atomic E-state index is 14.3. The summed E-state index contributed by atoms with van der Waals surface area (Å²) in [6.45, 7) is 3.77. The summed E-state index contributed by atoms with van der Waals surface area (Å²) in [5.41, 5.74) is 3.70. The first-order valence-corrected chi connectivity index (χ1v) is 8.72. The number of halogens is 1. The van der Waals surface area contributed by atoms with E-state index >= 15 is 0 Å². The summed E-state index contributed by atoms with van der Waals surface area (Å²) in [6, 6.07) is 21.3. The molecule has 24 heavy (non-hydrogen) atoms. The highest BCUT2D eigenvalue weighted by atomic mass is 19.1. The molecule has 1 heterocycles. The molecule has 2 aliphatic rings. The SMILES string of the molecule is FC1=C2C[N+](Cc3ccccc3)(Cc3ccccc3)CC2CC=C1. The summed E-state index contributed by atoms with van der Waals surface area (Å²) in [5.74, 6) is 0.370. The number of benzene rings is 2. The molecule has 1 saturated heterocycles. The first kappa shape index (κ1) is 15.3. The number of fused-ring (bicyclic) bond motifs is 1. The standard InChI is InChI=1S/C22H23FN/c23-22-13-7-12-20-16-24(17-21(20)22,14-18-8-3-1-4-9-18)15-19-10-5-2-6-11-19/h1-11,13,20H,12,14-17H2/q+1. The Morgan fingerprint density at radius 2 is 1.46 bits per heavy atom. The average molecular weight is 320 g/mol. The van der Waals surface area contributed by atoms with E-state index in [1.54, 1.807) is 6.08 Å². The molecule has 122 valence electrons. The van der Waals surface area contributed by atoms with Crippen LogP contribution in [0.3, 0.4) is 0 Å². The maximum atomic E-state index is 14.3. The van der Waals surface area contributed by atoms with E-state index in [4.69, 9.17) is 0 Å². The molecular weight excluding hydrogens is 297 g/mol. The molecule has 0 aromatic heterocycles. The molecule has 0 radical (unpaired) electrons. The van der Waals surface area contributed by atoms with Gasteiger partial charge in [0.05, 0.1) is 6.54 Å². The first-order chi connectivity index (χ1) is 11.7. The van der Waals surface area contributed by atoms with E-state index < -0.39 is 0 Å². The average Bonchev–Trinajstić information content (AvgIpc) is 2.96. The van der Waals surface area contributed by atoms with Crippen LogP contribution < -0.4 is 0 Å². The lowest BCUT2D eigenvalue weighted by molar-refractivity contribution is -0.942. The Morgan fingerprint density at radius 3 is 2.00 bits per heavy atom. The quantitative estimate of drug-likeness (QED) is 0.694. The maximum Gasteiger partial charge on any atom is 0.128 e. The summed E-state index contributed by atoms with van der Waals surface area (Å²) < 4.78 is 15.3. The van der Waals surface area contributed by atoms with Crippen molar-refractivity contribution in [2.24, 2.45) is 5.92 Å². The number of quaternary nitrogens is 1. The molecule has 1 unspecified atom stereocenters. The van der Waals surface area contributed by atoms with E-state index in [9.17, 15) is 4.39 Å². The van der Waals surface area contributed by atoms with E-state index in [1.807, 2.05) is 6.08 Å². The highest BCUT2D eigenvalue weighted by molar-refractivity contribution is 5.29. The van der Waals surface area contributed by atoms with Gasteiger partial charge in [0.25, 0.3) is 0 Å². The van der Waals surface area contributed by atoms with Crippen LogP contribution in [-0.2, 0) is 13.1 Å². The zero-order valence-corrected chi connectivity index (χ0v) is 13.9. The van der Waals surface area contributed by atoms with Gasteiger partial charge in [0.1, 0.15) is 25.5 Å². The number of hydrogen-bond acceptors (Lipinski definition) is 0. The molecule has 4 rings (SSSR count). The molecule has 0 amide bonds. The molecule has 1 fully saturated rings. The van der Waals surface area contributed by atoms with Gasteiger partial charge in [0.2, 0.25) is 0 Å². The number of likely N-dealkylation sites (tertiary alicyclic amines) is 1. The number of nitrogens with zero attached hydrogens (tertiary/aromatic N) is 1. The van der Waals surface area contributed by atoms with Crippen LogP contribution in [0.1, 0.15) is 17.5 Å². The van der Waals surface area contributed by atoms with Gasteiger partial charge in [-0.3, -0.25) is 0 Å². The normalized spacial score (nSPS) is 21.8. The van der Waals surface area contributed by atoms with Gasteiger partial charge in [-0.1, -0.05) is 66.7 Å². The third-order valence-corrected chi connectivity index (χ3v) is 5.32. The Kier molecular flexibility index (Phi) is 4.07. The van der Waals surface area contributed by atoms with E-state index in [-0.39, 0.29) is 5.83 Å². The molecule has 2 aromatic rings. The second-order valence-electron chi connectivity index (χ2n) is 7.18. The third-order valence-electron chi connectivity index (χ3n) is 5.32. The second kappa shape index (κ2) is 6.37. The zero-order chi connectivity index (χ0) is 16.4. The second-order valence-corrected chi connectivity index (χ2v) is 7.18. The summed E-state index contributed by atoms with van der Waals surface area (Å²) in [7, 11) is 0. The first-order valence-electron chi connectivity index (χ1n) is 8.72. The summed E-state index contributed by atoms with van der Waals surface area (Å²) in [4.78, 5) is 0. The van der Waals surface area contributed by atoms with Gasteiger partial charge in [-0.25, -0.2) is 4.39 Å². The lowest BCUT2D eigenvalue weighted by Gasteiger charge is -2.35. The van der Waals surface area contributed by atoms with Crippen molar-refractivity contribution in [3.05, 3.63) is 95.3 Å². The van der Waals surface area contributed by atoms with Gasteiger partial charge in [-0.15, -0.1) is 0 Å². The van der Waals surface area contributed by atoms with Crippen LogP contribution in [0.4, 0.5) is 4.39 Å². The Hall–Kier alpha value is -2.19. The van der Waals surface area contributed by atoms with Gasteiger partial charge in [-0.2, -0.15) is 0 Å². The van der Waals surface area contributed by atoms with Crippen molar-refractivity contribution in [1.82, 2.24) is 0 Å². The van der Waals surface area contributed by atoms with Crippen LogP contribution >= 0.6 is 0 Å². The lowest BCUT2D eigenvalue weighted by atomic mass is 9.94. The molecule has 1 nitrogen and oxygen atoms in total. The highest BCUT2D eigenvalue weighted by Gasteiger charge is 2.43. The minimum atomic E-state index is 0.00683. The van der Waals surface area contributed by atoms with Crippen LogP contribution in [0.15, 0.2) is 84.2 Å². The van der Waals surface area contributed by atoms with E-state index in [0.717, 1.165) is 42.7 Å². The molecule has 1 atom stereocenters. The van der Waals surface area contributed by atoms with Crippen LogP contribution in [0.2, 0.25) is 0 Å². The summed E-state index contributed by atoms with van der Waals surface area (Å²) in [6.07, 6.45) is 4.64. The Bertz CT molecular complexity index is 720. The molecule has 0 bridgehead atoms. The van der Waals surface area contributed by atoms with E-state index in [2.05, 4.69) is 60.7 Å². The van der Waals surface area contributed by atoms with Crippen LogP contribution in [0.25, 0.3) is 0 Å². The zero-order valence-electron chi connectivity index (χ0n) is 13.9. The molecule has 0 saturated carbocycles. The van der Waals surface area contributed by atoms with Crippen LogP contribution in [0, 0.1) is 5.92 Å². The fourth-order valence-electron chi connectivity index (χ4n) is 4.30. The fraction of sp³-hybridized carbons (Fsp3) is 0.273. The van der Waals surface area contributed by atoms with Crippen LogP contribution in [-0.4, -0.2) is 17.6 Å². The van der Waals surface area contributed by atoms with Crippen molar-refractivity contribution >= 4 is 0 Å². The van der Waals surface area contributed by atoms with Crippen molar-refractivity contribution in [2.75, 3.05) is 13.1 Å². The molecule has 1 aliphatic carbocycles. The van der Waals surface area contributed by atoms with Crippen molar-refractivity contribution in [3.63, 3.8) is 0 Å². The van der Waals surface area contributed by atoms with E-state index in [1.165, 1.54) is 11.1 Å². The Labute approximate surface area is 143 Å². The van der Waals surface area contributed by atoms with Gasteiger partial charge in [-0.05, 0) is 12.5 Å². The minimum Gasteiger partial charge on any atom is -0.312 e. The largest absolute Gasteiger partial charge is 0.312 e. The molecule has 0 N–H and O–H groups in total. The van der Waals surface area contributed by atoms with Crippen molar-refractivity contribution in [2.45, 2.75) is 19.5 Å². The fourth-order valence-corrected chi connectivity index (χ4v) is 4.30. The van der Waals surface area contributed by atoms with Crippen LogP contribution in [0.5, 0.6) is 0 Å². The van der Waals surface area contributed by atoms with Gasteiger partial charge >= 0.3 is 0 Å². The Morgan fingerprint density at radius 1 is 0.875 bits per heavy atom. The van der Waals surface area contributed by atoms with Crippen molar-refractivity contribution in [1.29, 1.82) is 0 Å². The molecular formula is C22H23FN+. The number of hydrogen-bond donors (Lipinski definition) is 0. The van der Waals surface area contributed by atoms with E-state index in [0.29, 0.717) is 5.92 Å². The smallest absolute Gasteiger partial charge is 0.128 e. The predicted octanol–water partition coefficient (Wildman–Crippen LogP) is 5.02. The molecule has 2 aromatic carbocycles. The molecule has 1 aliphatic heterocycles. The highest BCUT2D eigenvalue weighted by Crippen LogP contribution is 2.39. The van der Waals surface area contributed by atoms with Gasteiger partial charge in [0.15, 0.2) is 0 Å². The minimum absolute atomic E-state index is 0.00683. The third kappa shape index (κ3) is 3.07. The summed E-state index contributed by atoms with van der Waals surface area (Å²) in [5, 5.41) is 0. The lowest BCUT2D eigenvalue weighted by Crippen LogP contribution is -2.44. The Balaban J connectivity index is 1.67. The topological polar surface area (TPSA) is 0 Å². The number of allylic oxidation sites excluding steroid dienone is 3. The number of rotatable bonds is 4. The monoisotopic (exact) mass is 320 g/mol. The summed E-state index contributed by atoms with van der Waals surface area (Å²) >= 11 is 0. The van der Waals surface area contributed by atoms with Gasteiger partial charge < -0.3 is 4.48 Å². The predicted molar refractivity (Wildman–Crippen MR) is 95.7 cm³/mol. The van der Waals surface area contributed by atoms with Crippen molar-refractivity contribution in [3.8, 4) is 0 Å². The van der Waals surface area contributed by atoms with Gasteiger partial charge in [0, 0.05) is 22.6 Å². The molecule has 0 spiro atoms. The molecule has 2 heteroatoms. The van der Waals surface area contributed by atoms with Crippen molar-refractivity contribution < 1.29 is 8.87 Å².